The van der Waals surface area contributed by atoms with Crippen LogP contribution in [0.2, 0.25) is 10.0 Å². The Labute approximate surface area is 206 Å². The van der Waals surface area contributed by atoms with E-state index in [9.17, 15) is 9.59 Å². The average molecular weight is 499 g/mol. The number of methoxy groups -OCH3 is 2. The second kappa shape index (κ2) is 8.83. The first kappa shape index (κ1) is 22.5. The Bertz CT molecular complexity index is 1270. The molecule has 0 spiro atoms. The monoisotopic (exact) mass is 498 g/mol. The molecule has 0 unspecified atom stereocenters. The minimum absolute atomic E-state index is 0.378. The fourth-order valence-corrected chi connectivity index (χ4v) is 4.79. The number of carbonyl (C=O) groups is 2. The molecule has 2 heterocycles. The van der Waals surface area contributed by atoms with Crippen LogP contribution in [0, 0.1) is 5.92 Å². The highest BCUT2D eigenvalue weighted by Crippen LogP contribution is 2.50. The predicted octanol–water partition coefficient (Wildman–Crippen LogP) is 5.06. The van der Waals surface area contributed by atoms with E-state index >= 15 is 0 Å². The van der Waals surface area contributed by atoms with Crippen molar-refractivity contribution in [3.05, 3.63) is 82.3 Å². The first-order chi connectivity index (χ1) is 16.4. The molecule has 2 aliphatic heterocycles. The molecule has 0 radical (unpaired) electrons. The molecular formula is C25H20Cl2N2O5. The molecule has 3 atom stereocenters. The van der Waals surface area contributed by atoms with Crippen molar-refractivity contribution < 1.29 is 23.9 Å². The lowest BCUT2D eigenvalue weighted by molar-refractivity contribution is -0.126. The number of anilines is 2. The Morgan fingerprint density at radius 2 is 1.59 bits per heavy atom. The summed E-state index contributed by atoms with van der Waals surface area (Å²) in [6, 6.07) is 18.3. The van der Waals surface area contributed by atoms with Crippen LogP contribution in [-0.4, -0.2) is 32.1 Å². The van der Waals surface area contributed by atoms with Crippen molar-refractivity contribution in [1.82, 2.24) is 0 Å². The molecule has 174 valence electrons. The van der Waals surface area contributed by atoms with E-state index in [2.05, 4.69) is 0 Å². The van der Waals surface area contributed by atoms with Crippen LogP contribution < -0.4 is 19.4 Å². The molecule has 9 heteroatoms. The Kier molecular flexibility index (Phi) is 5.85. The SMILES string of the molecule is COc1ccc([C@@H]2[C@H]3C(=O)N(c4cccc(Cl)c4)C(=O)[C@@H]3ON2c2ccc(Cl)cc2)c(OC)c1. The van der Waals surface area contributed by atoms with E-state index in [0.29, 0.717) is 38.5 Å². The van der Waals surface area contributed by atoms with Crippen molar-refractivity contribution in [2.24, 2.45) is 5.92 Å². The first-order valence-corrected chi connectivity index (χ1v) is 11.3. The van der Waals surface area contributed by atoms with Crippen molar-refractivity contribution in [3.63, 3.8) is 0 Å². The van der Waals surface area contributed by atoms with Crippen molar-refractivity contribution in [2.75, 3.05) is 24.2 Å². The number of hydrogen-bond donors (Lipinski definition) is 0. The molecule has 0 bridgehead atoms. The van der Waals surface area contributed by atoms with Gasteiger partial charge in [-0.05, 0) is 54.6 Å². The van der Waals surface area contributed by atoms with Crippen molar-refractivity contribution in [3.8, 4) is 11.5 Å². The summed E-state index contributed by atoms with van der Waals surface area (Å²) in [5, 5.41) is 2.56. The van der Waals surface area contributed by atoms with E-state index in [0.717, 1.165) is 4.90 Å². The summed E-state index contributed by atoms with van der Waals surface area (Å²) in [5.41, 5.74) is 1.73. The lowest BCUT2D eigenvalue weighted by atomic mass is 9.90. The molecule has 7 nitrogen and oxygen atoms in total. The zero-order valence-electron chi connectivity index (χ0n) is 18.3. The molecule has 3 aromatic rings. The summed E-state index contributed by atoms with van der Waals surface area (Å²) in [6.45, 7) is 0. The van der Waals surface area contributed by atoms with Crippen LogP contribution in [0.25, 0.3) is 0 Å². The molecule has 34 heavy (non-hydrogen) atoms. The molecule has 0 N–H and O–H groups in total. The Balaban J connectivity index is 1.63. The standard InChI is InChI=1S/C25H20Cl2N2O5/c1-32-18-10-11-19(20(13-18)33-2)22-21-23(34-29(22)16-8-6-14(26)7-9-16)25(31)28(24(21)30)17-5-3-4-15(27)12-17/h3-13,21-23H,1-2H3/t21-,22-,23-/m1/s1. The molecule has 2 fully saturated rings. The summed E-state index contributed by atoms with van der Waals surface area (Å²) >= 11 is 12.2. The van der Waals surface area contributed by atoms with Gasteiger partial charge in [-0.25, -0.2) is 9.96 Å². The summed E-state index contributed by atoms with van der Waals surface area (Å²) in [6.07, 6.45) is -1.01. The number of benzene rings is 3. The van der Waals surface area contributed by atoms with E-state index in [-0.39, 0.29) is 5.91 Å². The third-order valence-corrected chi connectivity index (χ3v) is 6.51. The van der Waals surface area contributed by atoms with Gasteiger partial charge < -0.3 is 9.47 Å². The maximum Gasteiger partial charge on any atom is 0.266 e. The van der Waals surface area contributed by atoms with Gasteiger partial charge in [-0.1, -0.05) is 29.3 Å². The average Bonchev–Trinajstić information content (AvgIpc) is 3.34. The van der Waals surface area contributed by atoms with Crippen LogP contribution in [0.3, 0.4) is 0 Å². The first-order valence-electron chi connectivity index (χ1n) is 10.5. The van der Waals surface area contributed by atoms with Gasteiger partial charge in [0.05, 0.1) is 31.6 Å². The van der Waals surface area contributed by atoms with Gasteiger partial charge in [-0.2, -0.15) is 0 Å². The number of halogens is 2. The number of rotatable bonds is 5. The number of carbonyl (C=O) groups excluding carboxylic acids is 2. The fourth-order valence-electron chi connectivity index (χ4n) is 4.47. The van der Waals surface area contributed by atoms with Crippen molar-refractivity contribution in [2.45, 2.75) is 12.1 Å². The Morgan fingerprint density at radius 3 is 2.26 bits per heavy atom. The maximum atomic E-state index is 13.7. The minimum Gasteiger partial charge on any atom is -0.497 e. The molecule has 0 saturated carbocycles. The second-order valence-corrected chi connectivity index (χ2v) is 8.77. The van der Waals surface area contributed by atoms with Gasteiger partial charge in [0, 0.05) is 21.7 Å². The number of imide groups is 1. The van der Waals surface area contributed by atoms with Gasteiger partial charge in [0.1, 0.15) is 17.4 Å². The molecule has 3 aromatic carbocycles. The van der Waals surface area contributed by atoms with Gasteiger partial charge in [0.15, 0.2) is 6.10 Å². The zero-order valence-corrected chi connectivity index (χ0v) is 19.8. The molecule has 2 saturated heterocycles. The van der Waals surface area contributed by atoms with Crippen LogP contribution in [0.1, 0.15) is 11.6 Å². The summed E-state index contributed by atoms with van der Waals surface area (Å²) in [7, 11) is 3.10. The molecule has 2 aliphatic rings. The van der Waals surface area contributed by atoms with Crippen LogP contribution in [0.15, 0.2) is 66.7 Å². The summed E-state index contributed by atoms with van der Waals surface area (Å²) in [4.78, 5) is 34.4. The molecule has 0 aliphatic carbocycles. The van der Waals surface area contributed by atoms with Crippen LogP contribution in [-0.2, 0) is 14.4 Å². The second-order valence-electron chi connectivity index (χ2n) is 7.90. The van der Waals surface area contributed by atoms with Crippen LogP contribution in [0.5, 0.6) is 11.5 Å². The van der Waals surface area contributed by atoms with Gasteiger partial charge in [0.2, 0.25) is 5.91 Å². The number of hydroxylamine groups is 1. The van der Waals surface area contributed by atoms with E-state index < -0.39 is 24.0 Å². The van der Waals surface area contributed by atoms with Gasteiger partial charge in [0.25, 0.3) is 5.91 Å². The highest BCUT2D eigenvalue weighted by atomic mass is 35.5. The van der Waals surface area contributed by atoms with Gasteiger partial charge in [-0.3, -0.25) is 14.4 Å². The van der Waals surface area contributed by atoms with Gasteiger partial charge >= 0.3 is 0 Å². The number of hydrogen-bond acceptors (Lipinski definition) is 6. The maximum absolute atomic E-state index is 13.7. The summed E-state index contributed by atoms with van der Waals surface area (Å²) < 4.78 is 11.0. The fraction of sp³-hybridized carbons (Fsp3) is 0.200. The van der Waals surface area contributed by atoms with E-state index in [4.69, 9.17) is 37.5 Å². The zero-order chi connectivity index (χ0) is 24.0. The number of ether oxygens (including phenoxy) is 2. The highest BCUT2D eigenvalue weighted by Gasteiger charge is 2.60. The lowest BCUT2D eigenvalue weighted by Crippen LogP contribution is -2.37. The predicted molar refractivity (Wildman–Crippen MR) is 129 cm³/mol. The number of amides is 2. The Morgan fingerprint density at radius 1 is 0.824 bits per heavy atom. The number of nitrogens with zero attached hydrogens (tertiary/aromatic N) is 2. The third kappa shape index (κ3) is 3.66. The summed E-state index contributed by atoms with van der Waals surface area (Å²) in [5.74, 6) is -0.537. The van der Waals surface area contributed by atoms with Crippen LogP contribution in [0.4, 0.5) is 11.4 Å². The molecular weight excluding hydrogens is 479 g/mol. The number of fused-ring (bicyclic) bond motifs is 1. The molecule has 0 aromatic heterocycles. The minimum atomic E-state index is -1.01. The normalized spacial score (nSPS) is 21.7. The topological polar surface area (TPSA) is 68.3 Å². The molecule has 2 amide bonds. The quantitative estimate of drug-likeness (QED) is 0.458. The van der Waals surface area contributed by atoms with Crippen molar-refractivity contribution >= 4 is 46.4 Å². The van der Waals surface area contributed by atoms with Gasteiger partial charge in [-0.15, -0.1) is 0 Å². The van der Waals surface area contributed by atoms with Crippen LogP contribution >= 0.6 is 23.2 Å². The smallest absolute Gasteiger partial charge is 0.266 e. The highest BCUT2D eigenvalue weighted by molar-refractivity contribution is 6.31. The lowest BCUT2D eigenvalue weighted by Gasteiger charge is -2.29. The van der Waals surface area contributed by atoms with E-state index in [1.54, 1.807) is 72.8 Å². The third-order valence-electron chi connectivity index (χ3n) is 6.02. The largest absolute Gasteiger partial charge is 0.497 e. The van der Waals surface area contributed by atoms with Crippen molar-refractivity contribution in [1.29, 1.82) is 0 Å². The van der Waals surface area contributed by atoms with E-state index in [1.807, 2.05) is 6.07 Å². The van der Waals surface area contributed by atoms with E-state index in [1.165, 1.54) is 7.11 Å². The Hall–Kier alpha value is -3.26. The molecule has 5 rings (SSSR count).